The summed E-state index contributed by atoms with van der Waals surface area (Å²) in [6.07, 6.45) is 12.6. The molecule has 17 heteroatoms. The molecule has 2 heterocycles. The van der Waals surface area contributed by atoms with Gasteiger partial charge in [0.1, 0.15) is 23.8 Å². The highest BCUT2D eigenvalue weighted by atomic mass is 32.2. The molecule has 4 aliphatic rings. The van der Waals surface area contributed by atoms with Gasteiger partial charge < -0.3 is 26.2 Å². The van der Waals surface area contributed by atoms with Gasteiger partial charge in [-0.2, -0.15) is 0 Å². The summed E-state index contributed by atoms with van der Waals surface area (Å²) in [4.78, 5) is 90.9. The smallest absolute Gasteiger partial charge is 0.289 e. The van der Waals surface area contributed by atoms with E-state index in [-0.39, 0.29) is 42.5 Å². The zero-order chi connectivity index (χ0) is 37.4. The summed E-state index contributed by atoms with van der Waals surface area (Å²) in [6.45, 7) is 4.77. The molecule has 1 aromatic heterocycles. The molecule has 52 heavy (non-hydrogen) atoms. The van der Waals surface area contributed by atoms with Gasteiger partial charge in [0, 0.05) is 36.9 Å². The van der Waals surface area contributed by atoms with E-state index in [0.29, 0.717) is 31.1 Å². The lowest BCUT2D eigenvalue weighted by molar-refractivity contribution is -0.144. The number of rotatable bonds is 17. The Labute approximate surface area is 304 Å². The van der Waals surface area contributed by atoms with E-state index >= 15 is 0 Å². The molecule has 1 unspecified atom stereocenters. The standard InChI is InChI=1S/C35H50N8O8S/c1-3-9-25(30(44)34(48)39-23-14-15-23)40-33(47)29-24-13-8-12-22(24)20-43(29)35(49)27(19-38-52(50,51)4-2)41-32(46)28(21-10-6-5-7-11-21)42-31(45)26-18-36-16-17-37-26/h4,16-18,21-25,27-29,38H,2-3,5-15,19-20H2,1H3,(H,39,48)(H,40,47)(H,41,46)(H,42,45)/t22-,24-,25-,27-,28-,29?/m0/s1. The summed E-state index contributed by atoms with van der Waals surface area (Å²) in [7, 11) is -4.04. The van der Waals surface area contributed by atoms with Crippen LogP contribution in [0.4, 0.5) is 0 Å². The van der Waals surface area contributed by atoms with Crippen molar-refractivity contribution in [1.29, 1.82) is 0 Å². The van der Waals surface area contributed by atoms with Crippen molar-refractivity contribution < 1.29 is 37.2 Å². The highest BCUT2D eigenvalue weighted by Crippen LogP contribution is 2.42. The summed E-state index contributed by atoms with van der Waals surface area (Å²) in [5, 5.41) is 11.6. The average Bonchev–Trinajstić information content (AvgIpc) is 3.72. The molecular formula is C35H50N8O8S. The van der Waals surface area contributed by atoms with E-state index in [1.54, 1.807) is 0 Å². The van der Waals surface area contributed by atoms with Crippen molar-refractivity contribution in [2.75, 3.05) is 13.1 Å². The predicted octanol–water partition coefficient (Wildman–Crippen LogP) is 0.463. The van der Waals surface area contributed by atoms with Crippen LogP contribution in [0.25, 0.3) is 0 Å². The number of sulfonamides is 1. The molecule has 4 fully saturated rings. The van der Waals surface area contributed by atoms with Gasteiger partial charge >= 0.3 is 0 Å². The number of aromatic nitrogens is 2. The number of Topliss-reactive ketones (excluding diaryl/α,β-unsaturated/α-hetero) is 1. The van der Waals surface area contributed by atoms with Gasteiger partial charge in [0.05, 0.1) is 12.2 Å². The Morgan fingerprint density at radius 2 is 1.69 bits per heavy atom. The van der Waals surface area contributed by atoms with Gasteiger partial charge in [-0.3, -0.25) is 33.8 Å². The van der Waals surface area contributed by atoms with Crippen LogP contribution < -0.4 is 26.0 Å². The van der Waals surface area contributed by atoms with E-state index in [1.165, 1.54) is 23.5 Å². The number of nitrogens with zero attached hydrogens (tertiary/aromatic N) is 3. The van der Waals surface area contributed by atoms with Gasteiger partial charge in [-0.25, -0.2) is 18.1 Å². The summed E-state index contributed by atoms with van der Waals surface area (Å²) in [5.74, 6) is -4.60. The highest BCUT2D eigenvalue weighted by molar-refractivity contribution is 7.92. The fraction of sp³-hybridized carbons (Fsp3) is 0.657. The number of likely N-dealkylation sites (tertiary alicyclic amines) is 1. The molecule has 0 bridgehead atoms. The number of nitrogens with one attached hydrogen (secondary N) is 5. The molecule has 3 aliphatic carbocycles. The number of amides is 5. The van der Waals surface area contributed by atoms with Crippen LogP contribution in [0.3, 0.4) is 0 Å². The topological polar surface area (TPSA) is 226 Å². The average molecular weight is 743 g/mol. The lowest BCUT2D eigenvalue weighted by Crippen LogP contribution is -2.61. The number of hydrogen-bond acceptors (Lipinski definition) is 10. The second-order valence-electron chi connectivity index (χ2n) is 14.3. The number of fused-ring (bicyclic) bond motifs is 1. The molecular weight excluding hydrogens is 692 g/mol. The quantitative estimate of drug-likeness (QED) is 0.139. The van der Waals surface area contributed by atoms with Crippen LogP contribution in [0.2, 0.25) is 0 Å². The molecule has 0 spiro atoms. The molecule has 6 atom stereocenters. The van der Waals surface area contributed by atoms with Gasteiger partial charge in [-0.15, -0.1) is 0 Å². The second kappa shape index (κ2) is 17.5. The maximum absolute atomic E-state index is 14.5. The molecule has 1 aliphatic heterocycles. The first kappa shape index (κ1) is 39.0. The number of carbonyl (C=O) groups is 6. The zero-order valence-electron chi connectivity index (χ0n) is 29.6. The van der Waals surface area contributed by atoms with Crippen LogP contribution in [0, 0.1) is 17.8 Å². The molecule has 3 saturated carbocycles. The Bertz CT molecular complexity index is 1620. The first-order chi connectivity index (χ1) is 24.9. The minimum atomic E-state index is -4.04. The van der Waals surface area contributed by atoms with E-state index in [4.69, 9.17) is 0 Å². The SMILES string of the molecule is C=CS(=O)(=O)NC[C@H](NC(=O)[C@@H](NC(=O)c1cnccn1)C1CCCCC1)C(=O)N1C[C@@H]2CCC[C@@H]2C1C(=O)N[C@@H](CCC)C(=O)C(=O)NC1CC1. The van der Waals surface area contributed by atoms with Crippen molar-refractivity contribution in [2.24, 2.45) is 17.8 Å². The Kier molecular flexibility index (Phi) is 13.1. The minimum Gasteiger partial charge on any atom is -0.347 e. The van der Waals surface area contributed by atoms with Crippen LogP contribution in [0.15, 0.2) is 30.6 Å². The summed E-state index contributed by atoms with van der Waals surface area (Å²) in [6, 6.07) is -4.67. The molecule has 5 rings (SSSR count). The second-order valence-corrected chi connectivity index (χ2v) is 16.0. The molecule has 0 aromatic carbocycles. The van der Waals surface area contributed by atoms with E-state index in [1.807, 2.05) is 6.92 Å². The number of ketones is 1. The fourth-order valence-corrected chi connectivity index (χ4v) is 8.26. The molecule has 1 saturated heterocycles. The van der Waals surface area contributed by atoms with Gasteiger partial charge in [-0.1, -0.05) is 45.6 Å². The zero-order valence-corrected chi connectivity index (χ0v) is 30.4. The first-order valence-corrected chi connectivity index (χ1v) is 19.9. The van der Waals surface area contributed by atoms with Crippen molar-refractivity contribution in [2.45, 2.75) is 114 Å². The van der Waals surface area contributed by atoms with Crippen LogP contribution in [0.1, 0.15) is 94.5 Å². The Hall–Kier alpha value is -4.25. The van der Waals surface area contributed by atoms with Crippen LogP contribution in [0.5, 0.6) is 0 Å². The molecule has 284 valence electrons. The third kappa shape index (κ3) is 9.79. The van der Waals surface area contributed by atoms with Gasteiger partial charge in [0.2, 0.25) is 33.5 Å². The third-order valence-corrected chi connectivity index (χ3v) is 11.6. The third-order valence-electron chi connectivity index (χ3n) is 10.6. The van der Waals surface area contributed by atoms with Gasteiger partial charge in [0.25, 0.3) is 11.8 Å². The lowest BCUT2D eigenvalue weighted by atomic mass is 9.83. The monoisotopic (exact) mass is 742 g/mol. The summed E-state index contributed by atoms with van der Waals surface area (Å²) in [5.41, 5.74) is 0.00446. The maximum atomic E-state index is 14.5. The molecule has 5 N–H and O–H groups in total. The predicted molar refractivity (Wildman–Crippen MR) is 188 cm³/mol. The fourth-order valence-electron chi connectivity index (χ4n) is 7.74. The number of carbonyl (C=O) groups excluding carboxylic acids is 6. The first-order valence-electron chi connectivity index (χ1n) is 18.4. The van der Waals surface area contributed by atoms with Crippen LogP contribution in [-0.2, 0) is 34.0 Å². The molecule has 16 nitrogen and oxygen atoms in total. The minimum absolute atomic E-state index is 0.00446. The Balaban J connectivity index is 1.39. The highest BCUT2D eigenvalue weighted by Gasteiger charge is 2.51. The van der Waals surface area contributed by atoms with E-state index < -0.39 is 76.1 Å². The summed E-state index contributed by atoms with van der Waals surface area (Å²) >= 11 is 0. The molecule has 0 radical (unpaired) electrons. The Morgan fingerprint density at radius 3 is 2.35 bits per heavy atom. The van der Waals surface area contributed by atoms with Gasteiger partial charge in [0.15, 0.2) is 0 Å². The van der Waals surface area contributed by atoms with E-state index in [0.717, 1.165) is 44.9 Å². The van der Waals surface area contributed by atoms with E-state index in [2.05, 4.69) is 42.5 Å². The number of hydrogen-bond donors (Lipinski definition) is 5. The van der Waals surface area contributed by atoms with Crippen molar-refractivity contribution in [1.82, 2.24) is 40.9 Å². The van der Waals surface area contributed by atoms with Crippen LogP contribution >= 0.6 is 0 Å². The maximum Gasteiger partial charge on any atom is 0.289 e. The molecule has 1 aromatic rings. The van der Waals surface area contributed by atoms with Crippen LogP contribution in [-0.4, -0.2) is 102 Å². The van der Waals surface area contributed by atoms with Crippen molar-refractivity contribution in [3.05, 3.63) is 36.3 Å². The summed E-state index contributed by atoms with van der Waals surface area (Å²) < 4.78 is 27.2. The van der Waals surface area contributed by atoms with E-state index in [9.17, 15) is 37.2 Å². The van der Waals surface area contributed by atoms with Crippen molar-refractivity contribution in [3.63, 3.8) is 0 Å². The van der Waals surface area contributed by atoms with Gasteiger partial charge in [-0.05, 0) is 62.7 Å². The Morgan fingerprint density at radius 1 is 0.942 bits per heavy atom. The largest absolute Gasteiger partial charge is 0.347 e. The lowest BCUT2D eigenvalue weighted by Gasteiger charge is -2.34. The van der Waals surface area contributed by atoms with Crippen molar-refractivity contribution in [3.8, 4) is 0 Å². The van der Waals surface area contributed by atoms with Crippen molar-refractivity contribution >= 4 is 45.3 Å². The molecule has 5 amide bonds. The normalized spacial score (nSPS) is 23.4.